The average Bonchev–Trinajstić information content (AvgIpc) is 3.17. The standard InChI is InChI=1S/C15H16N2O4S/c1-15(14(19)20)3-4-17(9-15)12(18)6-11-8-22-13(16-11)10-2-5-21-7-10/h2,5,7-8H,3-4,6,9H2,1H3,(H,19,20). The molecule has 1 atom stereocenters. The molecular formula is C15H16N2O4S. The molecule has 1 aliphatic rings. The second kappa shape index (κ2) is 5.57. The number of hydrogen-bond acceptors (Lipinski definition) is 5. The van der Waals surface area contributed by atoms with Crippen molar-refractivity contribution < 1.29 is 19.1 Å². The molecule has 0 spiro atoms. The summed E-state index contributed by atoms with van der Waals surface area (Å²) < 4.78 is 5.02. The van der Waals surface area contributed by atoms with Gasteiger partial charge in [0, 0.05) is 24.0 Å². The van der Waals surface area contributed by atoms with Gasteiger partial charge in [-0.05, 0) is 19.4 Å². The van der Waals surface area contributed by atoms with Crippen LogP contribution < -0.4 is 0 Å². The topological polar surface area (TPSA) is 83.6 Å². The maximum Gasteiger partial charge on any atom is 0.311 e. The van der Waals surface area contributed by atoms with Crippen LogP contribution in [-0.4, -0.2) is 40.0 Å². The van der Waals surface area contributed by atoms with Crippen molar-refractivity contribution in [1.29, 1.82) is 0 Å². The van der Waals surface area contributed by atoms with Gasteiger partial charge in [0.05, 0.1) is 23.8 Å². The number of thiazole rings is 1. The summed E-state index contributed by atoms with van der Waals surface area (Å²) in [4.78, 5) is 29.6. The van der Waals surface area contributed by atoms with Gasteiger partial charge in [0.2, 0.25) is 5.91 Å². The lowest BCUT2D eigenvalue weighted by molar-refractivity contribution is -0.147. The number of amides is 1. The van der Waals surface area contributed by atoms with Crippen LogP contribution in [0.4, 0.5) is 0 Å². The normalized spacial score (nSPS) is 21.2. The molecule has 0 bridgehead atoms. The Morgan fingerprint density at radius 3 is 3.00 bits per heavy atom. The molecular weight excluding hydrogens is 304 g/mol. The van der Waals surface area contributed by atoms with Crippen LogP contribution in [0.5, 0.6) is 0 Å². The van der Waals surface area contributed by atoms with Crippen molar-refractivity contribution in [3.05, 3.63) is 29.7 Å². The molecule has 0 saturated carbocycles. The van der Waals surface area contributed by atoms with Gasteiger partial charge in [-0.3, -0.25) is 9.59 Å². The van der Waals surface area contributed by atoms with Crippen molar-refractivity contribution in [1.82, 2.24) is 9.88 Å². The molecule has 1 saturated heterocycles. The van der Waals surface area contributed by atoms with Crippen molar-refractivity contribution in [3.8, 4) is 10.6 Å². The van der Waals surface area contributed by atoms with Crippen LogP contribution >= 0.6 is 11.3 Å². The molecule has 0 radical (unpaired) electrons. The molecule has 3 heterocycles. The first-order chi connectivity index (χ1) is 10.5. The third-order valence-electron chi connectivity index (χ3n) is 3.99. The number of aromatic nitrogens is 1. The van der Waals surface area contributed by atoms with Gasteiger partial charge in [-0.1, -0.05) is 0 Å². The van der Waals surface area contributed by atoms with Gasteiger partial charge in [-0.2, -0.15) is 0 Å². The number of carbonyl (C=O) groups is 2. The first-order valence-corrected chi connectivity index (χ1v) is 7.84. The van der Waals surface area contributed by atoms with Crippen molar-refractivity contribution >= 4 is 23.2 Å². The Hall–Kier alpha value is -2.15. The quantitative estimate of drug-likeness (QED) is 0.934. The van der Waals surface area contributed by atoms with Gasteiger partial charge in [0.25, 0.3) is 0 Å². The summed E-state index contributed by atoms with van der Waals surface area (Å²) in [5.74, 6) is -0.923. The fraction of sp³-hybridized carbons (Fsp3) is 0.400. The van der Waals surface area contributed by atoms with Crippen molar-refractivity contribution in [3.63, 3.8) is 0 Å². The Morgan fingerprint density at radius 1 is 1.55 bits per heavy atom. The molecule has 22 heavy (non-hydrogen) atoms. The van der Waals surface area contributed by atoms with Crippen LogP contribution in [0.1, 0.15) is 19.0 Å². The molecule has 1 aliphatic heterocycles. The van der Waals surface area contributed by atoms with E-state index < -0.39 is 11.4 Å². The highest BCUT2D eigenvalue weighted by Gasteiger charge is 2.42. The monoisotopic (exact) mass is 320 g/mol. The SMILES string of the molecule is CC1(C(=O)O)CCN(C(=O)Cc2csc(-c3ccoc3)n2)C1. The van der Waals surface area contributed by atoms with Crippen molar-refractivity contribution in [2.45, 2.75) is 19.8 Å². The molecule has 0 aliphatic carbocycles. The lowest BCUT2D eigenvalue weighted by Crippen LogP contribution is -2.35. The van der Waals surface area contributed by atoms with Gasteiger partial charge < -0.3 is 14.4 Å². The lowest BCUT2D eigenvalue weighted by atomic mass is 9.90. The molecule has 2 aromatic rings. The summed E-state index contributed by atoms with van der Waals surface area (Å²) in [6, 6.07) is 1.82. The highest BCUT2D eigenvalue weighted by Crippen LogP contribution is 2.31. The molecule has 7 heteroatoms. The van der Waals surface area contributed by atoms with E-state index in [9.17, 15) is 14.7 Å². The number of aliphatic carboxylic acids is 1. The third-order valence-corrected chi connectivity index (χ3v) is 4.93. The number of hydrogen-bond donors (Lipinski definition) is 1. The minimum absolute atomic E-state index is 0.0750. The summed E-state index contributed by atoms with van der Waals surface area (Å²) in [5, 5.41) is 11.9. The van der Waals surface area contributed by atoms with E-state index in [1.807, 2.05) is 11.4 Å². The number of carboxylic acids is 1. The highest BCUT2D eigenvalue weighted by molar-refractivity contribution is 7.13. The van der Waals surface area contributed by atoms with E-state index in [0.717, 1.165) is 10.6 Å². The van der Waals surface area contributed by atoms with Crippen LogP contribution in [-0.2, 0) is 16.0 Å². The zero-order chi connectivity index (χ0) is 15.7. The largest absolute Gasteiger partial charge is 0.481 e. The van der Waals surface area contributed by atoms with E-state index in [1.54, 1.807) is 24.3 Å². The predicted molar refractivity (Wildman–Crippen MR) is 80.5 cm³/mol. The summed E-state index contributed by atoms with van der Waals surface area (Å²) in [6.07, 6.45) is 3.89. The molecule has 3 rings (SSSR count). The number of nitrogens with zero attached hydrogens (tertiary/aromatic N) is 2. The Bertz CT molecular complexity index is 694. The maximum absolute atomic E-state index is 12.3. The maximum atomic E-state index is 12.3. The third kappa shape index (κ3) is 2.76. The van der Waals surface area contributed by atoms with Crippen LogP contribution in [0.25, 0.3) is 10.6 Å². The molecule has 1 unspecified atom stereocenters. The number of likely N-dealkylation sites (tertiary alicyclic amines) is 1. The molecule has 0 aromatic carbocycles. The van der Waals surface area contributed by atoms with E-state index in [0.29, 0.717) is 18.7 Å². The van der Waals surface area contributed by atoms with E-state index in [-0.39, 0.29) is 18.9 Å². The fourth-order valence-corrected chi connectivity index (χ4v) is 3.33. The van der Waals surface area contributed by atoms with Crippen molar-refractivity contribution in [2.75, 3.05) is 13.1 Å². The second-order valence-corrected chi connectivity index (χ2v) is 6.62. The molecule has 1 N–H and O–H groups in total. The van der Waals surface area contributed by atoms with Gasteiger partial charge in [0.1, 0.15) is 11.3 Å². The van der Waals surface area contributed by atoms with Gasteiger partial charge in [-0.15, -0.1) is 11.3 Å². The first-order valence-electron chi connectivity index (χ1n) is 6.96. The van der Waals surface area contributed by atoms with Gasteiger partial charge >= 0.3 is 5.97 Å². The minimum Gasteiger partial charge on any atom is -0.481 e. The number of furan rings is 1. The predicted octanol–water partition coefficient (Wildman–Crippen LogP) is 2.27. The number of carboxylic acid groups (broad SMARTS) is 1. The number of carbonyl (C=O) groups excluding carboxylic acids is 1. The van der Waals surface area contributed by atoms with Crippen LogP contribution in [0, 0.1) is 5.41 Å². The zero-order valence-electron chi connectivity index (χ0n) is 12.1. The zero-order valence-corrected chi connectivity index (χ0v) is 12.9. The Kier molecular flexibility index (Phi) is 3.74. The summed E-state index contributed by atoms with van der Waals surface area (Å²) in [7, 11) is 0. The van der Waals surface area contributed by atoms with E-state index in [1.165, 1.54) is 11.3 Å². The van der Waals surface area contributed by atoms with Crippen LogP contribution in [0.3, 0.4) is 0 Å². The number of rotatable bonds is 4. The molecule has 1 amide bonds. The first kappa shape index (κ1) is 14.8. The Balaban J connectivity index is 1.65. The van der Waals surface area contributed by atoms with Crippen molar-refractivity contribution in [2.24, 2.45) is 5.41 Å². The molecule has 6 nitrogen and oxygen atoms in total. The van der Waals surface area contributed by atoms with Gasteiger partial charge in [0.15, 0.2) is 0 Å². The average molecular weight is 320 g/mol. The lowest BCUT2D eigenvalue weighted by Gasteiger charge is -2.19. The molecule has 2 aromatic heterocycles. The van der Waals surface area contributed by atoms with E-state index >= 15 is 0 Å². The van der Waals surface area contributed by atoms with E-state index in [4.69, 9.17) is 4.42 Å². The van der Waals surface area contributed by atoms with Crippen LogP contribution in [0.2, 0.25) is 0 Å². The Morgan fingerprint density at radius 2 is 2.36 bits per heavy atom. The highest BCUT2D eigenvalue weighted by atomic mass is 32.1. The van der Waals surface area contributed by atoms with Gasteiger partial charge in [-0.25, -0.2) is 4.98 Å². The molecule has 116 valence electrons. The summed E-state index contributed by atoms with van der Waals surface area (Å²) in [5.41, 5.74) is 0.762. The Labute approximate surface area is 131 Å². The smallest absolute Gasteiger partial charge is 0.311 e. The summed E-state index contributed by atoms with van der Waals surface area (Å²) >= 11 is 1.46. The van der Waals surface area contributed by atoms with E-state index in [2.05, 4.69) is 4.98 Å². The fourth-order valence-electron chi connectivity index (χ4n) is 2.52. The van der Waals surface area contributed by atoms with Crippen LogP contribution in [0.15, 0.2) is 28.4 Å². The molecule has 1 fully saturated rings. The second-order valence-electron chi connectivity index (χ2n) is 5.76. The summed E-state index contributed by atoms with van der Waals surface area (Å²) in [6.45, 7) is 2.43. The minimum atomic E-state index is -0.848.